The quantitative estimate of drug-likeness (QED) is 0.891. The molecule has 0 aromatic carbocycles. The van der Waals surface area contributed by atoms with Crippen molar-refractivity contribution in [1.29, 1.82) is 0 Å². The van der Waals surface area contributed by atoms with Crippen molar-refractivity contribution in [1.82, 2.24) is 4.98 Å². The van der Waals surface area contributed by atoms with Crippen molar-refractivity contribution in [3.8, 4) is 5.75 Å². The Hall–Kier alpha value is -1.09. The highest BCUT2D eigenvalue weighted by Crippen LogP contribution is 2.49. The molecule has 0 aliphatic heterocycles. The molecule has 2 aliphatic rings. The summed E-state index contributed by atoms with van der Waals surface area (Å²) in [4.78, 5) is 4.26. The topological polar surface area (TPSA) is 42.4 Å². The van der Waals surface area contributed by atoms with Crippen LogP contribution in [0, 0.1) is 11.8 Å². The fourth-order valence-corrected chi connectivity index (χ4v) is 3.50. The SMILES string of the molecule is CCCOc1cncc(C2(O)CCCC(C3CC3)C2)c1. The molecule has 0 saturated heterocycles. The molecular weight excluding hydrogens is 250 g/mol. The number of ether oxygens (including phenoxy) is 1. The average molecular weight is 275 g/mol. The van der Waals surface area contributed by atoms with Crippen molar-refractivity contribution in [2.45, 2.75) is 57.5 Å². The smallest absolute Gasteiger partial charge is 0.137 e. The first-order chi connectivity index (χ1) is 9.71. The first-order valence-electron chi connectivity index (χ1n) is 8.02. The molecule has 2 saturated carbocycles. The maximum Gasteiger partial charge on any atom is 0.137 e. The van der Waals surface area contributed by atoms with E-state index >= 15 is 0 Å². The van der Waals surface area contributed by atoms with Gasteiger partial charge in [-0.1, -0.05) is 6.92 Å². The zero-order chi connectivity index (χ0) is 14.0. The van der Waals surface area contributed by atoms with E-state index in [0.29, 0.717) is 12.5 Å². The number of aliphatic hydroxyl groups is 1. The van der Waals surface area contributed by atoms with Gasteiger partial charge in [-0.05, 0) is 62.8 Å². The van der Waals surface area contributed by atoms with Crippen molar-refractivity contribution in [3.05, 3.63) is 24.0 Å². The highest BCUT2D eigenvalue weighted by Gasteiger charge is 2.42. The van der Waals surface area contributed by atoms with Gasteiger partial charge in [-0.15, -0.1) is 0 Å². The molecule has 1 aromatic rings. The van der Waals surface area contributed by atoms with Crippen LogP contribution in [0.3, 0.4) is 0 Å². The number of hydrogen-bond donors (Lipinski definition) is 1. The van der Waals surface area contributed by atoms with E-state index in [4.69, 9.17) is 4.74 Å². The minimum absolute atomic E-state index is 0.690. The van der Waals surface area contributed by atoms with Gasteiger partial charge in [0.25, 0.3) is 0 Å². The third-order valence-electron chi connectivity index (χ3n) is 4.78. The second-order valence-corrected chi connectivity index (χ2v) is 6.48. The van der Waals surface area contributed by atoms with E-state index in [1.165, 1.54) is 19.3 Å². The highest BCUT2D eigenvalue weighted by molar-refractivity contribution is 5.28. The van der Waals surface area contributed by atoms with Crippen LogP contribution >= 0.6 is 0 Å². The van der Waals surface area contributed by atoms with Crippen molar-refractivity contribution in [2.75, 3.05) is 6.61 Å². The number of hydrogen-bond acceptors (Lipinski definition) is 3. The Bertz CT molecular complexity index is 458. The molecule has 20 heavy (non-hydrogen) atoms. The van der Waals surface area contributed by atoms with Crippen LogP contribution in [0.1, 0.15) is 57.4 Å². The Morgan fingerprint density at radius 3 is 2.90 bits per heavy atom. The predicted octanol–water partition coefficient (Wildman–Crippen LogP) is 3.66. The summed E-state index contributed by atoms with van der Waals surface area (Å²) < 4.78 is 5.64. The van der Waals surface area contributed by atoms with E-state index in [1.54, 1.807) is 6.20 Å². The van der Waals surface area contributed by atoms with Crippen LogP contribution in [-0.4, -0.2) is 16.7 Å². The molecule has 0 amide bonds. The van der Waals surface area contributed by atoms with Crippen LogP contribution < -0.4 is 4.74 Å². The summed E-state index contributed by atoms with van der Waals surface area (Å²) in [7, 11) is 0. The molecule has 2 atom stereocenters. The van der Waals surface area contributed by atoms with Gasteiger partial charge >= 0.3 is 0 Å². The Morgan fingerprint density at radius 1 is 1.30 bits per heavy atom. The lowest BCUT2D eigenvalue weighted by molar-refractivity contribution is -0.0255. The van der Waals surface area contributed by atoms with E-state index in [2.05, 4.69) is 11.9 Å². The maximum absolute atomic E-state index is 11.0. The summed E-state index contributed by atoms with van der Waals surface area (Å²) in [5.41, 5.74) is 0.251. The average Bonchev–Trinajstić information content (AvgIpc) is 3.30. The van der Waals surface area contributed by atoms with Gasteiger partial charge in [0, 0.05) is 11.8 Å². The van der Waals surface area contributed by atoms with Gasteiger partial charge in [-0.25, -0.2) is 0 Å². The van der Waals surface area contributed by atoms with Gasteiger partial charge in [0.15, 0.2) is 0 Å². The van der Waals surface area contributed by atoms with E-state index in [-0.39, 0.29) is 0 Å². The summed E-state index contributed by atoms with van der Waals surface area (Å²) in [5, 5.41) is 11.0. The first kappa shape index (κ1) is 13.9. The predicted molar refractivity (Wildman–Crippen MR) is 78.6 cm³/mol. The van der Waals surface area contributed by atoms with Gasteiger partial charge in [0.1, 0.15) is 5.75 Å². The highest BCUT2D eigenvalue weighted by atomic mass is 16.5. The van der Waals surface area contributed by atoms with Gasteiger partial charge in [0.05, 0.1) is 18.4 Å². The fraction of sp³-hybridized carbons (Fsp3) is 0.706. The second kappa shape index (κ2) is 5.72. The van der Waals surface area contributed by atoms with Crippen LogP contribution in [0.5, 0.6) is 5.75 Å². The third kappa shape index (κ3) is 2.98. The van der Waals surface area contributed by atoms with Gasteiger partial charge in [-0.3, -0.25) is 4.98 Å². The van der Waals surface area contributed by atoms with E-state index in [9.17, 15) is 5.11 Å². The van der Waals surface area contributed by atoms with E-state index in [0.717, 1.165) is 42.9 Å². The van der Waals surface area contributed by atoms with Crippen LogP contribution in [-0.2, 0) is 5.60 Å². The number of aromatic nitrogens is 1. The minimum Gasteiger partial charge on any atom is -0.492 e. The summed E-state index contributed by atoms with van der Waals surface area (Å²) in [6.45, 7) is 2.79. The maximum atomic E-state index is 11.0. The lowest BCUT2D eigenvalue weighted by Crippen LogP contribution is -2.33. The molecule has 3 heteroatoms. The summed E-state index contributed by atoms with van der Waals surface area (Å²) >= 11 is 0. The Labute approximate surface area is 121 Å². The Kier molecular flexibility index (Phi) is 3.97. The molecule has 0 bridgehead atoms. The largest absolute Gasteiger partial charge is 0.492 e. The standard InChI is InChI=1S/C17H25NO2/c1-2-8-20-16-9-15(11-18-12-16)17(19)7-3-4-14(10-17)13-5-6-13/h9,11-14,19H,2-8,10H2,1H3. The summed E-state index contributed by atoms with van der Waals surface area (Å²) in [6.07, 6.45) is 11.4. The van der Waals surface area contributed by atoms with Crippen LogP contribution in [0.15, 0.2) is 18.5 Å². The molecule has 1 N–H and O–H groups in total. The second-order valence-electron chi connectivity index (χ2n) is 6.48. The van der Waals surface area contributed by atoms with E-state index < -0.39 is 5.60 Å². The van der Waals surface area contributed by atoms with E-state index in [1.807, 2.05) is 12.3 Å². The van der Waals surface area contributed by atoms with Crippen molar-refractivity contribution in [2.24, 2.45) is 11.8 Å². The lowest BCUT2D eigenvalue weighted by atomic mass is 9.73. The normalized spacial score (nSPS) is 30.2. The molecule has 0 spiro atoms. The zero-order valence-corrected chi connectivity index (χ0v) is 12.3. The molecule has 3 nitrogen and oxygen atoms in total. The van der Waals surface area contributed by atoms with Crippen molar-refractivity contribution < 1.29 is 9.84 Å². The zero-order valence-electron chi connectivity index (χ0n) is 12.3. The molecule has 2 unspecified atom stereocenters. The number of rotatable bonds is 5. The van der Waals surface area contributed by atoms with Crippen molar-refractivity contribution in [3.63, 3.8) is 0 Å². The Balaban J connectivity index is 1.75. The molecule has 1 heterocycles. The minimum atomic E-state index is -0.690. The molecule has 2 fully saturated rings. The van der Waals surface area contributed by atoms with Crippen LogP contribution in [0.4, 0.5) is 0 Å². The van der Waals surface area contributed by atoms with Gasteiger partial charge < -0.3 is 9.84 Å². The van der Waals surface area contributed by atoms with Crippen LogP contribution in [0.2, 0.25) is 0 Å². The molecule has 2 aliphatic carbocycles. The fourth-order valence-electron chi connectivity index (χ4n) is 3.50. The number of pyridine rings is 1. The lowest BCUT2D eigenvalue weighted by Gasteiger charge is -2.37. The van der Waals surface area contributed by atoms with Crippen LogP contribution in [0.25, 0.3) is 0 Å². The molecule has 3 rings (SSSR count). The number of nitrogens with zero attached hydrogens (tertiary/aromatic N) is 1. The van der Waals surface area contributed by atoms with Gasteiger partial charge in [0.2, 0.25) is 0 Å². The summed E-state index contributed by atoms with van der Waals surface area (Å²) in [5.74, 6) is 2.36. The van der Waals surface area contributed by atoms with Crippen molar-refractivity contribution >= 4 is 0 Å². The Morgan fingerprint density at radius 2 is 2.15 bits per heavy atom. The molecule has 110 valence electrons. The molecule has 1 aromatic heterocycles. The summed E-state index contributed by atoms with van der Waals surface area (Å²) in [6, 6.07) is 1.98. The third-order valence-corrected chi connectivity index (χ3v) is 4.78. The van der Waals surface area contributed by atoms with Gasteiger partial charge in [-0.2, -0.15) is 0 Å². The first-order valence-corrected chi connectivity index (χ1v) is 8.02. The molecule has 0 radical (unpaired) electrons. The molecular formula is C17H25NO2. The monoisotopic (exact) mass is 275 g/mol.